The highest BCUT2D eigenvalue weighted by molar-refractivity contribution is 5.71. The van der Waals surface area contributed by atoms with Gasteiger partial charge in [-0.15, -0.1) is 0 Å². The molecule has 6 nitrogen and oxygen atoms in total. The van der Waals surface area contributed by atoms with Gasteiger partial charge in [-0.1, -0.05) is 318 Å². The van der Waals surface area contributed by atoms with Crippen LogP contribution in [-0.2, 0) is 28.6 Å². The number of hydrogen-bond acceptors (Lipinski definition) is 6. The highest BCUT2D eigenvalue weighted by Gasteiger charge is 2.19. The lowest BCUT2D eigenvalue weighted by molar-refractivity contribution is -0.167. The van der Waals surface area contributed by atoms with Crippen molar-refractivity contribution in [1.82, 2.24) is 0 Å². The minimum atomic E-state index is -0.782. The molecule has 0 aromatic carbocycles. The van der Waals surface area contributed by atoms with Crippen molar-refractivity contribution >= 4 is 17.9 Å². The molecule has 0 heterocycles. The number of allylic oxidation sites excluding steroid dienone is 14. The smallest absolute Gasteiger partial charge is 0.306 e. The molecule has 0 fully saturated rings. The molecule has 0 N–H and O–H groups in total. The van der Waals surface area contributed by atoms with E-state index in [0.717, 1.165) is 89.9 Å². The van der Waals surface area contributed by atoms with E-state index in [2.05, 4.69) is 106 Å². The Labute approximate surface area is 515 Å². The Balaban J connectivity index is 4.32. The number of esters is 3. The van der Waals surface area contributed by atoms with E-state index in [0.29, 0.717) is 19.3 Å². The lowest BCUT2D eigenvalue weighted by Gasteiger charge is -2.18. The van der Waals surface area contributed by atoms with Gasteiger partial charge in [0.05, 0.1) is 0 Å². The van der Waals surface area contributed by atoms with E-state index < -0.39 is 6.10 Å². The monoisotopic (exact) mass is 1160 g/mol. The summed E-state index contributed by atoms with van der Waals surface area (Å²) in [5.41, 5.74) is 0. The number of unbranched alkanes of at least 4 members (excludes halogenated alkanes) is 41. The van der Waals surface area contributed by atoms with E-state index in [1.165, 1.54) is 238 Å². The summed E-state index contributed by atoms with van der Waals surface area (Å²) in [4.78, 5) is 38.5. The fraction of sp³-hybridized carbons (Fsp3) is 0.779. The Hall–Kier alpha value is -3.41. The van der Waals surface area contributed by atoms with Gasteiger partial charge in [0.1, 0.15) is 13.2 Å². The lowest BCUT2D eigenvalue weighted by Crippen LogP contribution is -2.30. The minimum Gasteiger partial charge on any atom is -0.462 e. The van der Waals surface area contributed by atoms with Crippen molar-refractivity contribution in [3.8, 4) is 0 Å². The Kier molecular flexibility index (Phi) is 68.2. The van der Waals surface area contributed by atoms with E-state index in [9.17, 15) is 14.4 Å². The van der Waals surface area contributed by atoms with E-state index in [1.54, 1.807) is 0 Å². The van der Waals surface area contributed by atoms with Gasteiger partial charge >= 0.3 is 17.9 Å². The maximum absolute atomic E-state index is 13.0. The van der Waals surface area contributed by atoms with Crippen LogP contribution >= 0.6 is 0 Å². The van der Waals surface area contributed by atoms with E-state index in [-0.39, 0.29) is 31.1 Å². The van der Waals surface area contributed by atoms with Crippen LogP contribution < -0.4 is 0 Å². The van der Waals surface area contributed by atoms with Gasteiger partial charge in [0.2, 0.25) is 0 Å². The zero-order valence-electron chi connectivity index (χ0n) is 55.2. The summed E-state index contributed by atoms with van der Waals surface area (Å²) in [6.45, 7) is 6.56. The second-order valence-electron chi connectivity index (χ2n) is 24.1. The fourth-order valence-electron chi connectivity index (χ4n) is 10.5. The zero-order chi connectivity index (χ0) is 59.9. The first-order chi connectivity index (χ1) is 41.0. The lowest BCUT2D eigenvalue weighted by atomic mass is 10.0. The van der Waals surface area contributed by atoms with Gasteiger partial charge in [-0.25, -0.2) is 0 Å². The molecule has 0 radical (unpaired) electrons. The number of carbonyl (C=O) groups is 3. The van der Waals surface area contributed by atoms with Gasteiger partial charge < -0.3 is 14.2 Å². The van der Waals surface area contributed by atoms with Gasteiger partial charge in [0.25, 0.3) is 0 Å². The molecule has 0 aliphatic rings. The van der Waals surface area contributed by atoms with Crippen molar-refractivity contribution in [2.45, 2.75) is 374 Å². The third-order valence-electron chi connectivity index (χ3n) is 15.9. The molecule has 0 aromatic heterocycles. The standard InChI is InChI=1S/C77H136O6/c1-4-7-10-13-16-19-22-25-28-31-33-35-36-37-38-39-40-42-43-46-49-52-55-58-61-64-67-70-76(79)82-73-74(72-81-75(78)69-66-63-60-57-54-51-48-45-30-27-24-21-18-15-12-9-6-3)83-77(80)71-68-65-62-59-56-53-50-47-44-41-34-32-29-26-23-20-17-14-11-8-5-2/h7,10,16,19,23,25-28,30,32-35,74H,4-6,8-9,11-15,17-18,20-22,24,29,31,36-73H2,1-3H3/b10-7-,19-16-,26-23-,28-25-,30-27-,34-32-,35-33-. The largest absolute Gasteiger partial charge is 0.462 e. The molecule has 480 valence electrons. The molecule has 0 rings (SSSR count). The minimum absolute atomic E-state index is 0.0770. The summed E-state index contributed by atoms with van der Waals surface area (Å²) in [5, 5.41) is 0. The molecule has 1 atom stereocenters. The second-order valence-corrected chi connectivity index (χ2v) is 24.1. The summed E-state index contributed by atoms with van der Waals surface area (Å²) >= 11 is 0. The first-order valence-corrected chi connectivity index (χ1v) is 36.1. The number of rotatable bonds is 66. The van der Waals surface area contributed by atoms with Crippen LogP contribution in [0, 0.1) is 0 Å². The molecule has 6 heteroatoms. The quantitative estimate of drug-likeness (QED) is 0.0261. The summed E-state index contributed by atoms with van der Waals surface area (Å²) in [7, 11) is 0. The molecule has 0 bridgehead atoms. The van der Waals surface area contributed by atoms with E-state index in [4.69, 9.17) is 14.2 Å². The van der Waals surface area contributed by atoms with Crippen LogP contribution in [0.2, 0.25) is 0 Å². The topological polar surface area (TPSA) is 78.9 Å². The molecule has 0 amide bonds. The molecular formula is C77H136O6. The summed E-state index contributed by atoms with van der Waals surface area (Å²) < 4.78 is 17.0. The van der Waals surface area contributed by atoms with Crippen LogP contribution in [0.4, 0.5) is 0 Å². The third-order valence-corrected chi connectivity index (χ3v) is 15.9. The molecule has 83 heavy (non-hydrogen) atoms. The van der Waals surface area contributed by atoms with Crippen LogP contribution in [0.15, 0.2) is 85.1 Å². The van der Waals surface area contributed by atoms with Gasteiger partial charge in [0, 0.05) is 19.3 Å². The molecular weight excluding hydrogens is 1020 g/mol. The molecule has 1 unspecified atom stereocenters. The maximum atomic E-state index is 13.0. The van der Waals surface area contributed by atoms with Gasteiger partial charge in [-0.05, 0) is 116 Å². The van der Waals surface area contributed by atoms with Crippen molar-refractivity contribution in [3.05, 3.63) is 85.1 Å². The van der Waals surface area contributed by atoms with Crippen LogP contribution in [0.1, 0.15) is 367 Å². The maximum Gasteiger partial charge on any atom is 0.306 e. The normalized spacial score (nSPS) is 12.6. The highest BCUT2D eigenvalue weighted by Crippen LogP contribution is 2.17. The molecule has 0 aliphatic heterocycles. The van der Waals surface area contributed by atoms with Crippen LogP contribution in [0.3, 0.4) is 0 Å². The van der Waals surface area contributed by atoms with E-state index in [1.807, 2.05) is 0 Å². The summed E-state index contributed by atoms with van der Waals surface area (Å²) in [6.07, 6.45) is 94.6. The second kappa shape index (κ2) is 71.1. The van der Waals surface area contributed by atoms with Gasteiger partial charge in [-0.3, -0.25) is 14.4 Å². The average Bonchev–Trinajstić information content (AvgIpc) is 3.49. The predicted octanol–water partition coefficient (Wildman–Crippen LogP) is 25.0. The fourth-order valence-corrected chi connectivity index (χ4v) is 10.5. The average molecular weight is 1160 g/mol. The Bertz CT molecular complexity index is 1570. The van der Waals surface area contributed by atoms with Crippen LogP contribution in [0.5, 0.6) is 0 Å². The first-order valence-electron chi connectivity index (χ1n) is 36.1. The van der Waals surface area contributed by atoms with Gasteiger partial charge in [0.15, 0.2) is 6.10 Å². The number of hydrogen-bond donors (Lipinski definition) is 0. The van der Waals surface area contributed by atoms with Gasteiger partial charge in [-0.2, -0.15) is 0 Å². The van der Waals surface area contributed by atoms with Crippen molar-refractivity contribution in [2.75, 3.05) is 13.2 Å². The van der Waals surface area contributed by atoms with Crippen molar-refractivity contribution in [1.29, 1.82) is 0 Å². The molecule has 0 spiro atoms. The van der Waals surface area contributed by atoms with Crippen molar-refractivity contribution in [2.24, 2.45) is 0 Å². The Morgan fingerprint density at radius 2 is 0.470 bits per heavy atom. The molecule has 0 saturated carbocycles. The highest BCUT2D eigenvalue weighted by atomic mass is 16.6. The SMILES string of the molecule is CC/C=C\C/C=C\C/C=C\C/C=C\CCCCCCCCCCCCCCCCC(=O)OCC(COC(=O)CCCCCCCCC/C=C\CCCCCCCC)OC(=O)CCCCCCCCCCC/C=C\C/C=C\CCCCCCC. The summed E-state index contributed by atoms with van der Waals surface area (Å²) in [6, 6.07) is 0. The third kappa shape index (κ3) is 69.3. The van der Waals surface area contributed by atoms with E-state index >= 15 is 0 Å². The molecule has 0 aromatic rings. The molecule has 0 aliphatic carbocycles. The predicted molar refractivity (Wildman–Crippen MR) is 362 cm³/mol. The van der Waals surface area contributed by atoms with Crippen LogP contribution in [0.25, 0.3) is 0 Å². The number of ether oxygens (including phenoxy) is 3. The Morgan fingerprint density at radius 3 is 0.747 bits per heavy atom. The number of carbonyl (C=O) groups excluding carboxylic acids is 3. The Morgan fingerprint density at radius 1 is 0.253 bits per heavy atom. The summed E-state index contributed by atoms with van der Waals surface area (Å²) in [5.74, 6) is -0.865. The van der Waals surface area contributed by atoms with Crippen molar-refractivity contribution in [3.63, 3.8) is 0 Å². The van der Waals surface area contributed by atoms with Crippen molar-refractivity contribution < 1.29 is 28.6 Å². The van der Waals surface area contributed by atoms with Crippen LogP contribution in [-0.4, -0.2) is 37.2 Å². The molecule has 0 saturated heterocycles. The first kappa shape index (κ1) is 79.6. The zero-order valence-corrected chi connectivity index (χ0v) is 55.2.